The quantitative estimate of drug-likeness (QED) is 0.212. The first-order valence-electron chi connectivity index (χ1n) is 11.2. The van der Waals surface area contributed by atoms with Crippen LogP contribution < -0.4 is 19.8 Å². The molecule has 35 heavy (non-hydrogen) atoms. The van der Waals surface area contributed by atoms with Crippen LogP contribution in [0.5, 0.6) is 17.2 Å². The third-order valence-electron chi connectivity index (χ3n) is 5.02. The average Bonchev–Trinajstić information content (AvgIpc) is 2.81. The van der Waals surface area contributed by atoms with Crippen molar-refractivity contribution in [2.24, 2.45) is 0 Å². The first kappa shape index (κ1) is 25.5. The van der Waals surface area contributed by atoms with Gasteiger partial charge < -0.3 is 18.6 Å². The molecule has 0 atom stereocenters. The second-order valence-corrected chi connectivity index (χ2v) is 8.24. The zero-order chi connectivity index (χ0) is 25.4. The van der Waals surface area contributed by atoms with Crippen LogP contribution in [0.3, 0.4) is 0 Å². The average molecular weight is 477 g/mol. The van der Waals surface area contributed by atoms with Crippen molar-refractivity contribution < 1.29 is 28.2 Å². The summed E-state index contributed by atoms with van der Waals surface area (Å²) in [5.41, 5.74) is 1.90. The standard InChI is InChI=1S/C28H28O7/c1-18(2)9-8-10-19(3)15-16-32-22-13-14-23-24(17-22)34-28(31)26(25(23)33-20(4)29)35-27(30)21-11-6-5-7-12-21/h5-7,9,11-15,17H,8,10,16H2,1-4H3. The lowest BCUT2D eigenvalue weighted by molar-refractivity contribution is -0.131. The van der Waals surface area contributed by atoms with E-state index in [2.05, 4.69) is 19.9 Å². The third-order valence-corrected chi connectivity index (χ3v) is 5.02. The zero-order valence-corrected chi connectivity index (χ0v) is 20.3. The predicted octanol–water partition coefficient (Wildman–Crippen LogP) is 6.01. The molecule has 0 unspecified atom stereocenters. The van der Waals surface area contributed by atoms with Gasteiger partial charge in [-0.3, -0.25) is 4.79 Å². The van der Waals surface area contributed by atoms with E-state index < -0.39 is 23.3 Å². The fourth-order valence-electron chi connectivity index (χ4n) is 3.26. The molecule has 7 heteroatoms. The maximum absolute atomic E-state index is 12.7. The number of carbonyl (C=O) groups excluding carboxylic acids is 2. The highest BCUT2D eigenvalue weighted by atomic mass is 16.6. The molecule has 0 aliphatic rings. The van der Waals surface area contributed by atoms with Gasteiger partial charge in [0.25, 0.3) is 5.75 Å². The van der Waals surface area contributed by atoms with Crippen molar-refractivity contribution in [2.75, 3.05) is 6.61 Å². The van der Waals surface area contributed by atoms with E-state index in [1.54, 1.807) is 30.3 Å². The van der Waals surface area contributed by atoms with Gasteiger partial charge >= 0.3 is 17.6 Å². The first-order valence-corrected chi connectivity index (χ1v) is 11.2. The minimum Gasteiger partial charge on any atom is -0.489 e. The van der Waals surface area contributed by atoms with Gasteiger partial charge in [-0.2, -0.15) is 0 Å². The van der Waals surface area contributed by atoms with E-state index in [1.165, 1.54) is 36.3 Å². The van der Waals surface area contributed by atoms with E-state index in [0.717, 1.165) is 12.8 Å². The van der Waals surface area contributed by atoms with Crippen molar-refractivity contribution in [3.8, 4) is 17.2 Å². The minimum atomic E-state index is -0.954. The van der Waals surface area contributed by atoms with Gasteiger partial charge in [0.1, 0.15) is 17.9 Å². The molecule has 7 nitrogen and oxygen atoms in total. The van der Waals surface area contributed by atoms with Crippen LogP contribution in [0.2, 0.25) is 0 Å². The number of fused-ring (bicyclic) bond motifs is 1. The molecular weight excluding hydrogens is 448 g/mol. The largest absolute Gasteiger partial charge is 0.489 e. The molecular formula is C28H28O7. The Morgan fingerprint density at radius 1 is 0.914 bits per heavy atom. The number of hydrogen-bond acceptors (Lipinski definition) is 7. The van der Waals surface area contributed by atoms with Crippen molar-refractivity contribution in [3.63, 3.8) is 0 Å². The molecule has 0 saturated carbocycles. The summed E-state index contributed by atoms with van der Waals surface area (Å²) in [5, 5.41) is 0.288. The van der Waals surface area contributed by atoms with Gasteiger partial charge in [0.05, 0.1) is 10.9 Å². The Morgan fingerprint density at radius 3 is 2.34 bits per heavy atom. The van der Waals surface area contributed by atoms with E-state index in [9.17, 15) is 14.4 Å². The van der Waals surface area contributed by atoms with Crippen LogP contribution in [0.4, 0.5) is 0 Å². The molecule has 1 aromatic heterocycles. The Morgan fingerprint density at radius 2 is 1.66 bits per heavy atom. The van der Waals surface area contributed by atoms with E-state index >= 15 is 0 Å². The summed E-state index contributed by atoms with van der Waals surface area (Å²) in [4.78, 5) is 36.9. The number of ether oxygens (including phenoxy) is 3. The van der Waals surface area contributed by atoms with E-state index in [4.69, 9.17) is 18.6 Å². The van der Waals surface area contributed by atoms with E-state index in [-0.39, 0.29) is 22.3 Å². The van der Waals surface area contributed by atoms with Crippen LogP contribution >= 0.6 is 0 Å². The number of hydrogen-bond donors (Lipinski definition) is 0. The molecule has 0 spiro atoms. The summed E-state index contributed by atoms with van der Waals surface area (Å²) < 4.78 is 21.7. The summed E-state index contributed by atoms with van der Waals surface area (Å²) in [6.45, 7) is 7.73. The summed E-state index contributed by atoms with van der Waals surface area (Å²) in [6.07, 6.45) is 6.10. The summed E-state index contributed by atoms with van der Waals surface area (Å²) in [6, 6.07) is 12.9. The van der Waals surface area contributed by atoms with E-state index in [0.29, 0.717) is 12.4 Å². The highest BCUT2D eigenvalue weighted by Gasteiger charge is 2.23. The van der Waals surface area contributed by atoms with Gasteiger partial charge in [0, 0.05) is 13.0 Å². The topological polar surface area (TPSA) is 92.0 Å². The Labute approximate surface area is 203 Å². The van der Waals surface area contributed by atoms with E-state index in [1.807, 2.05) is 13.0 Å². The van der Waals surface area contributed by atoms with Crippen molar-refractivity contribution in [1.29, 1.82) is 0 Å². The van der Waals surface area contributed by atoms with Crippen LogP contribution in [0, 0.1) is 0 Å². The smallest absolute Gasteiger partial charge is 0.383 e. The SMILES string of the molecule is CC(=O)Oc1c(OC(=O)c2ccccc2)c(=O)oc2cc(OCC=C(C)CCC=C(C)C)ccc12. The van der Waals surface area contributed by atoms with Crippen LogP contribution in [0.15, 0.2) is 81.0 Å². The normalized spacial score (nSPS) is 11.1. The third kappa shape index (κ3) is 7.17. The minimum absolute atomic E-state index is 0.132. The molecule has 0 bridgehead atoms. The van der Waals surface area contributed by atoms with Crippen LogP contribution in [-0.2, 0) is 4.79 Å². The number of carbonyl (C=O) groups is 2. The second-order valence-electron chi connectivity index (χ2n) is 8.24. The van der Waals surface area contributed by atoms with Crippen molar-refractivity contribution in [3.05, 3.63) is 87.8 Å². The van der Waals surface area contributed by atoms with Crippen LogP contribution in [-0.4, -0.2) is 18.5 Å². The van der Waals surface area contributed by atoms with Gasteiger partial charge in [0.15, 0.2) is 5.75 Å². The molecule has 2 aromatic carbocycles. The number of benzene rings is 2. The molecule has 0 aliphatic carbocycles. The molecule has 0 radical (unpaired) electrons. The van der Waals surface area contributed by atoms with Gasteiger partial charge in [-0.05, 0) is 64.0 Å². The molecule has 3 rings (SSSR count). The lowest BCUT2D eigenvalue weighted by atomic mass is 10.1. The Bertz CT molecular complexity index is 1330. The molecule has 0 aliphatic heterocycles. The van der Waals surface area contributed by atoms with Crippen molar-refractivity contribution >= 4 is 22.9 Å². The first-order chi connectivity index (χ1) is 16.7. The Hall–Kier alpha value is -4.13. The Kier molecular flexibility index (Phi) is 8.62. The molecule has 3 aromatic rings. The molecule has 0 fully saturated rings. The van der Waals surface area contributed by atoms with Gasteiger partial charge in [-0.25, -0.2) is 9.59 Å². The summed E-state index contributed by atoms with van der Waals surface area (Å²) in [7, 11) is 0. The predicted molar refractivity (Wildman–Crippen MR) is 133 cm³/mol. The van der Waals surface area contributed by atoms with Crippen molar-refractivity contribution in [1.82, 2.24) is 0 Å². The van der Waals surface area contributed by atoms with Crippen LogP contribution in [0.1, 0.15) is 50.9 Å². The highest BCUT2D eigenvalue weighted by molar-refractivity contribution is 5.94. The number of esters is 2. The maximum atomic E-state index is 12.7. The lowest BCUT2D eigenvalue weighted by Gasteiger charge is -2.12. The zero-order valence-electron chi connectivity index (χ0n) is 20.3. The molecule has 0 N–H and O–H groups in total. The summed E-state index contributed by atoms with van der Waals surface area (Å²) >= 11 is 0. The number of rotatable bonds is 9. The van der Waals surface area contributed by atoms with Crippen LogP contribution in [0.25, 0.3) is 11.0 Å². The molecule has 182 valence electrons. The fourth-order valence-corrected chi connectivity index (χ4v) is 3.26. The fraction of sp³-hybridized carbons (Fsp3) is 0.250. The highest BCUT2D eigenvalue weighted by Crippen LogP contribution is 2.35. The molecule has 1 heterocycles. The Balaban J connectivity index is 1.85. The maximum Gasteiger partial charge on any atom is 0.383 e. The monoisotopic (exact) mass is 476 g/mol. The van der Waals surface area contributed by atoms with Gasteiger partial charge in [-0.15, -0.1) is 0 Å². The lowest BCUT2D eigenvalue weighted by Crippen LogP contribution is -2.17. The van der Waals surface area contributed by atoms with Crippen molar-refractivity contribution in [2.45, 2.75) is 40.5 Å². The second kappa shape index (κ2) is 11.8. The molecule has 0 saturated heterocycles. The number of allylic oxidation sites excluding steroid dienone is 3. The van der Waals surface area contributed by atoms with Gasteiger partial charge in [0.2, 0.25) is 0 Å². The summed E-state index contributed by atoms with van der Waals surface area (Å²) in [5.74, 6) is -1.67. The molecule has 0 amide bonds. The van der Waals surface area contributed by atoms with Gasteiger partial charge in [-0.1, -0.05) is 35.4 Å².